The average molecular weight is 215 g/mol. The van der Waals surface area contributed by atoms with Crippen LogP contribution >= 0.6 is 0 Å². The van der Waals surface area contributed by atoms with Crippen molar-refractivity contribution in [2.24, 2.45) is 0 Å². The van der Waals surface area contributed by atoms with Crippen molar-refractivity contribution in [3.05, 3.63) is 23.9 Å². The molecule has 0 fully saturated rings. The number of pyridine rings is 1. The third kappa shape index (κ3) is 4.35. The largest absolute Gasteiger partial charge is 0.332 e. The van der Waals surface area contributed by atoms with Crippen molar-refractivity contribution in [1.82, 2.24) is 10.3 Å². The Hall–Kier alpha value is -1.72. The van der Waals surface area contributed by atoms with E-state index in [0.29, 0.717) is 5.82 Å². The minimum Gasteiger partial charge on any atom is -0.332 e. The Bertz CT molecular complexity index is 344. The van der Waals surface area contributed by atoms with Gasteiger partial charge in [0.2, 0.25) is 0 Å². The van der Waals surface area contributed by atoms with E-state index >= 15 is 0 Å². The standard InChI is InChI=1S/C9H11F2N3O/c1-6-3-2-4-8(13-6)14-9(15)12-5-7(10)11/h2-4,7H,5H2,1H3,(H2,12,13,14,15). The quantitative estimate of drug-likeness (QED) is 0.807. The fraction of sp³-hybridized carbons (Fsp3) is 0.333. The Morgan fingerprint density at radius 1 is 1.53 bits per heavy atom. The van der Waals surface area contributed by atoms with E-state index in [1.165, 1.54) is 0 Å². The maximum Gasteiger partial charge on any atom is 0.320 e. The molecule has 1 aromatic rings. The summed E-state index contributed by atoms with van der Waals surface area (Å²) in [5.74, 6) is 0.335. The highest BCUT2D eigenvalue weighted by Gasteiger charge is 2.06. The first-order valence-electron chi connectivity index (χ1n) is 4.34. The summed E-state index contributed by atoms with van der Waals surface area (Å²) in [6.07, 6.45) is -2.55. The van der Waals surface area contributed by atoms with Crippen LogP contribution in [-0.4, -0.2) is 24.0 Å². The fourth-order valence-electron chi connectivity index (χ4n) is 0.943. The molecule has 0 bridgehead atoms. The topological polar surface area (TPSA) is 54.0 Å². The van der Waals surface area contributed by atoms with Gasteiger partial charge in [0.25, 0.3) is 6.43 Å². The van der Waals surface area contributed by atoms with E-state index in [9.17, 15) is 13.6 Å². The fourth-order valence-corrected chi connectivity index (χ4v) is 0.943. The molecule has 1 rings (SSSR count). The van der Waals surface area contributed by atoms with E-state index in [2.05, 4.69) is 10.3 Å². The predicted octanol–water partition coefficient (Wildman–Crippen LogP) is 1.78. The first kappa shape index (κ1) is 11.4. The molecule has 2 amide bonds. The van der Waals surface area contributed by atoms with Gasteiger partial charge in [-0.1, -0.05) is 6.07 Å². The Morgan fingerprint density at radius 3 is 2.87 bits per heavy atom. The van der Waals surface area contributed by atoms with Crippen LogP contribution in [-0.2, 0) is 0 Å². The lowest BCUT2D eigenvalue weighted by Crippen LogP contribution is -2.32. The molecule has 4 nitrogen and oxygen atoms in total. The zero-order valence-electron chi connectivity index (χ0n) is 8.13. The number of urea groups is 1. The lowest BCUT2D eigenvalue weighted by Gasteiger charge is -2.06. The molecule has 1 aromatic heterocycles. The van der Waals surface area contributed by atoms with Gasteiger partial charge < -0.3 is 5.32 Å². The Kier molecular flexibility index (Phi) is 3.96. The highest BCUT2D eigenvalue weighted by atomic mass is 19.3. The number of halogens is 2. The average Bonchev–Trinajstić information content (AvgIpc) is 2.15. The molecule has 0 radical (unpaired) electrons. The van der Waals surface area contributed by atoms with Crippen molar-refractivity contribution in [3.63, 3.8) is 0 Å². The van der Waals surface area contributed by atoms with Crippen LogP contribution in [0.4, 0.5) is 19.4 Å². The van der Waals surface area contributed by atoms with Gasteiger partial charge in [-0.15, -0.1) is 0 Å². The van der Waals surface area contributed by atoms with E-state index in [-0.39, 0.29) is 0 Å². The van der Waals surface area contributed by atoms with Gasteiger partial charge in [-0.25, -0.2) is 18.6 Å². The minimum absolute atomic E-state index is 0.335. The molecule has 6 heteroatoms. The first-order chi connectivity index (χ1) is 7.08. The molecule has 0 unspecified atom stereocenters. The van der Waals surface area contributed by atoms with Crippen molar-refractivity contribution in [1.29, 1.82) is 0 Å². The highest BCUT2D eigenvalue weighted by molar-refractivity contribution is 5.88. The Morgan fingerprint density at radius 2 is 2.27 bits per heavy atom. The molecule has 0 aromatic carbocycles. The first-order valence-corrected chi connectivity index (χ1v) is 4.34. The van der Waals surface area contributed by atoms with Crippen molar-refractivity contribution >= 4 is 11.8 Å². The third-order valence-corrected chi connectivity index (χ3v) is 1.55. The number of amides is 2. The SMILES string of the molecule is Cc1cccc(NC(=O)NCC(F)F)n1. The molecule has 0 aliphatic carbocycles. The maximum atomic E-state index is 11.7. The normalized spacial score (nSPS) is 10.1. The molecule has 15 heavy (non-hydrogen) atoms. The molecule has 0 saturated heterocycles. The van der Waals surface area contributed by atoms with Crippen LogP contribution in [0, 0.1) is 6.92 Å². The Labute approximate surface area is 85.7 Å². The number of nitrogens with zero attached hydrogens (tertiary/aromatic N) is 1. The van der Waals surface area contributed by atoms with Gasteiger partial charge in [-0.3, -0.25) is 5.32 Å². The van der Waals surface area contributed by atoms with Crippen molar-refractivity contribution in [3.8, 4) is 0 Å². The number of aromatic nitrogens is 1. The number of aryl methyl sites for hydroxylation is 1. The summed E-state index contributed by atoms with van der Waals surface area (Å²) in [4.78, 5) is 15.0. The smallest absolute Gasteiger partial charge is 0.320 e. The number of rotatable bonds is 3. The molecule has 82 valence electrons. The van der Waals surface area contributed by atoms with Crippen LogP contribution in [0.15, 0.2) is 18.2 Å². The van der Waals surface area contributed by atoms with Crippen LogP contribution in [0.25, 0.3) is 0 Å². The summed E-state index contributed by atoms with van der Waals surface area (Å²) in [6.45, 7) is 1.10. The number of hydrogen-bond acceptors (Lipinski definition) is 2. The number of carbonyl (C=O) groups excluding carboxylic acids is 1. The number of carbonyl (C=O) groups is 1. The van der Waals surface area contributed by atoms with E-state index in [0.717, 1.165) is 5.69 Å². The second-order valence-electron chi connectivity index (χ2n) is 2.89. The molecule has 2 N–H and O–H groups in total. The van der Waals surface area contributed by atoms with Gasteiger partial charge in [0.15, 0.2) is 0 Å². The van der Waals surface area contributed by atoms with Gasteiger partial charge in [0.05, 0.1) is 6.54 Å². The molecule has 0 atom stereocenters. The van der Waals surface area contributed by atoms with Crippen LogP contribution < -0.4 is 10.6 Å². The van der Waals surface area contributed by atoms with Crippen molar-refractivity contribution in [2.45, 2.75) is 13.3 Å². The Balaban J connectivity index is 2.44. The second kappa shape index (κ2) is 5.23. The zero-order valence-corrected chi connectivity index (χ0v) is 8.13. The summed E-state index contributed by atoms with van der Waals surface area (Å²) in [5.41, 5.74) is 0.738. The monoisotopic (exact) mass is 215 g/mol. The summed E-state index contributed by atoms with van der Waals surface area (Å²) < 4.78 is 23.5. The van der Waals surface area contributed by atoms with Gasteiger partial charge in [-0.05, 0) is 19.1 Å². The number of nitrogens with one attached hydrogen (secondary N) is 2. The van der Waals surface area contributed by atoms with Crippen molar-refractivity contribution in [2.75, 3.05) is 11.9 Å². The second-order valence-corrected chi connectivity index (χ2v) is 2.89. The molecule has 1 heterocycles. The van der Waals surface area contributed by atoms with Gasteiger partial charge in [0, 0.05) is 5.69 Å². The highest BCUT2D eigenvalue weighted by Crippen LogP contribution is 2.03. The van der Waals surface area contributed by atoms with Crippen LogP contribution in [0.3, 0.4) is 0 Å². The maximum absolute atomic E-state index is 11.7. The lowest BCUT2D eigenvalue weighted by molar-refractivity contribution is 0.148. The number of hydrogen-bond donors (Lipinski definition) is 2. The predicted molar refractivity (Wildman–Crippen MR) is 52.0 cm³/mol. The van der Waals surface area contributed by atoms with E-state index in [1.807, 2.05) is 5.32 Å². The number of anilines is 1. The minimum atomic E-state index is -2.55. The molecular weight excluding hydrogens is 204 g/mol. The summed E-state index contributed by atoms with van der Waals surface area (Å²) >= 11 is 0. The molecule has 0 spiro atoms. The molecule has 0 saturated carbocycles. The third-order valence-electron chi connectivity index (χ3n) is 1.55. The summed E-state index contributed by atoms with van der Waals surface area (Å²) in [6, 6.07) is 4.37. The van der Waals surface area contributed by atoms with Gasteiger partial charge in [-0.2, -0.15) is 0 Å². The van der Waals surface area contributed by atoms with Gasteiger partial charge >= 0.3 is 6.03 Å². The zero-order chi connectivity index (χ0) is 11.3. The van der Waals surface area contributed by atoms with Gasteiger partial charge in [0.1, 0.15) is 5.82 Å². The lowest BCUT2D eigenvalue weighted by atomic mass is 10.4. The van der Waals surface area contributed by atoms with E-state index in [4.69, 9.17) is 0 Å². The molecular formula is C9H11F2N3O. The molecule has 0 aliphatic heterocycles. The number of alkyl halides is 2. The van der Waals surface area contributed by atoms with Crippen LogP contribution in [0.2, 0.25) is 0 Å². The van der Waals surface area contributed by atoms with E-state index < -0.39 is 19.0 Å². The van der Waals surface area contributed by atoms with E-state index in [1.54, 1.807) is 25.1 Å². The summed E-state index contributed by atoms with van der Waals surface area (Å²) in [5, 5.41) is 4.35. The van der Waals surface area contributed by atoms with Crippen molar-refractivity contribution < 1.29 is 13.6 Å². The van der Waals surface area contributed by atoms with Crippen LogP contribution in [0.1, 0.15) is 5.69 Å². The molecule has 0 aliphatic rings. The summed E-state index contributed by atoms with van der Waals surface area (Å²) in [7, 11) is 0. The van der Waals surface area contributed by atoms with Crippen LogP contribution in [0.5, 0.6) is 0 Å².